The van der Waals surface area contributed by atoms with Gasteiger partial charge in [-0.25, -0.2) is 0 Å². The van der Waals surface area contributed by atoms with Gasteiger partial charge >= 0.3 is 0 Å². The fourth-order valence-electron chi connectivity index (χ4n) is 2.55. The van der Waals surface area contributed by atoms with E-state index in [1.807, 2.05) is 6.92 Å². The molecule has 0 aliphatic heterocycles. The third-order valence-electron chi connectivity index (χ3n) is 3.59. The molecule has 1 aromatic heterocycles. The highest BCUT2D eigenvalue weighted by Gasteiger charge is 2.27. The van der Waals surface area contributed by atoms with E-state index in [1.165, 1.54) is 25.0 Å². The lowest BCUT2D eigenvalue weighted by Gasteiger charge is -2.22. The van der Waals surface area contributed by atoms with E-state index < -0.39 is 0 Å². The molecule has 1 fully saturated rings. The second kappa shape index (κ2) is 6.57. The van der Waals surface area contributed by atoms with Crippen molar-refractivity contribution in [2.24, 2.45) is 0 Å². The van der Waals surface area contributed by atoms with Crippen molar-refractivity contribution in [2.75, 3.05) is 12.8 Å². The van der Waals surface area contributed by atoms with Gasteiger partial charge in [0.1, 0.15) is 0 Å². The SMILES string of the molecule is CCSC1CCC(N(C)Cc2noc(CC)n2)C1. The van der Waals surface area contributed by atoms with Crippen molar-refractivity contribution in [2.45, 2.75) is 57.4 Å². The predicted octanol–water partition coefficient (Wildman–Crippen LogP) is 2.74. The Morgan fingerprint density at radius 3 is 2.89 bits per heavy atom. The van der Waals surface area contributed by atoms with Crippen LogP contribution in [0.15, 0.2) is 4.52 Å². The van der Waals surface area contributed by atoms with Gasteiger partial charge in [0.15, 0.2) is 5.82 Å². The molecule has 18 heavy (non-hydrogen) atoms. The van der Waals surface area contributed by atoms with E-state index in [0.717, 1.165) is 29.9 Å². The van der Waals surface area contributed by atoms with Crippen LogP contribution >= 0.6 is 11.8 Å². The third-order valence-corrected chi connectivity index (χ3v) is 4.82. The van der Waals surface area contributed by atoms with E-state index in [-0.39, 0.29) is 0 Å². The first kappa shape index (κ1) is 13.9. The van der Waals surface area contributed by atoms with Crippen molar-refractivity contribution in [3.63, 3.8) is 0 Å². The zero-order chi connectivity index (χ0) is 13.0. The van der Waals surface area contributed by atoms with Crippen molar-refractivity contribution < 1.29 is 4.52 Å². The molecule has 102 valence electrons. The second-order valence-corrected chi connectivity index (χ2v) is 6.49. The Labute approximate surface area is 114 Å². The smallest absolute Gasteiger partial charge is 0.226 e. The van der Waals surface area contributed by atoms with Gasteiger partial charge < -0.3 is 4.52 Å². The number of rotatable bonds is 6. The van der Waals surface area contributed by atoms with Gasteiger partial charge in [0.2, 0.25) is 5.89 Å². The minimum absolute atomic E-state index is 0.678. The highest BCUT2D eigenvalue weighted by atomic mass is 32.2. The van der Waals surface area contributed by atoms with Crippen molar-refractivity contribution in [3.8, 4) is 0 Å². The van der Waals surface area contributed by atoms with Crippen LogP contribution in [0.4, 0.5) is 0 Å². The molecular weight excluding hydrogens is 246 g/mol. The van der Waals surface area contributed by atoms with Gasteiger partial charge in [0.25, 0.3) is 0 Å². The van der Waals surface area contributed by atoms with Crippen LogP contribution in [0.3, 0.4) is 0 Å². The fourth-order valence-corrected chi connectivity index (χ4v) is 3.69. The average Bonchev–Trinajstić information content (AvgIpc) is 2.98. The molecular formula is C13H23N3OS. The summed E-state index contributed by atoms with van der Waals surface area (Å²) < 4.78 is 5.15. The van der Waals surface area contributed by atoms with Crippen LogP contribution in [-0.2, 0) is 13.0 Å². The number of aromatic nitrogens is 2. The van der Waals surface area contributed by atoms with Crippen LogP contribution in [0.1, 0.15) is 44.8 Å². The summed E-state index contributed by atoms with van der Waals surface area (Å²) >= 11 is 2.10. The highest BCUT2D eigenvalue weighted by molar-refractivity contribution is 7.99. The Kier molecular flexibility index (Phi) is 5.06. The molecule has 1 aliphatic rings. The zero-order valence-electron chi connectivity index (χ0n) is 11.6. The molecule has 0 N–H and O–H groups in total. The lowest BCUT2D eigenvalue weighted by atomic mass is 10.2. The molecule has 1 heterocycles. The van der Waals surface area contributed by atoms with Crippen LogP contribution in [0.2, 0.25) is 0 Å². The standard InChI is InChI=1S/C13H23N3OS/c1-4-13-14-12(15-17-13)9-16(3)10-6-7-11(8-10)18-5-2/h10-11H,4-9H2,1-3H3. The Hall–Kier alpha value is -0.550. The zero-order valence-corrected chi connectivity index (χ0v) is 12.4. The summed E-state index contributed by atoms with van der Waals surface area (Å²) in [6.45, 7) is 5.08. The van der Waals surface area contributed by atoms with Crippen molar-refractivity contribution >= 4 is 11.8 Å². The molecule has 0 bridgehead atoms. The summed E-state index contributed by atoms with van der Waals surface area (Å²) in [6, 6.07) is 0.678. The fraction of sp³-hybridized carbons (Fsp3) is 0.846. The molecule has 2 atom stereocenters. The minimum Gasteiger partial charge on any atom is -0.339 e. The summed E-state index contributed by atoms with van der Waals surface area (Å²) in [5.41, 5.74) is 0. The third kappa shape index (κ3) is 3.48. The predicted molar refractivity (Wildman–Crippen MR) is 74.7 cm³/mol. The van der Waals surface area contributed by atoms with Gasteiger partial charge in [-0.1, -0.05) is 19.0 Å². The Bertz CT molecular complexity index is 369. The molecule has 2 unspecified atom stereocenters. The first-order valence-corrected chi connectivity index (χ1v) is 7.91. The maximum absolute atomic E-state index is 5.15. The van der Waals surface area contributed by atoms with E-state index in [4.69, 9.17) is 4.52 Å². The quantitative estimate of drug-likeness (QED) is 0.794. The van der Waals surface area contributed by atoms with Crippen LogP contribution < -0.4 is 0 Å². The molecule has 1 aliphatic carbocycles. The van der Waals surface area contributed by atoms with E-state index in [1.54, 1.807) is 0 Å². The first-order valence-electron chi connectivity index (χ1n) is 6.86. The topological polar surface area (TPSA) is 42.2 Å². The number of nitrogens with zero attached hydrogens (tertiary/aromatic N) is 3. The highest BCUT2D eigenvalue weighted by Crippen LogP contribution is 2.32. The van der Waals surface area contributed by atoms with Crippen LogP contribution in [-0.4, -0.2) is 39.1 Å². The second-order valence-electron chi connectivity index (χ2n) is 4.92. The lowest BCUT2D eigenvalue weighted by Crippen LogP contribution is -2.29. The molecule has 0 radical (unpaired) electrons. The molecule has 5 heteroatoms. The molecule has 0 spiro atoms. The number of thioether (sulfide) groups is 1. The Morgan fingerprint density at radius 1 is 1.39 bits per heavy atom. The maximum atomic E-state index is 5.15. The van der Waals surface area contributed by atoms with Crippen LogP contribution in [0.25, 0.3) is 0 Å². The molecule has 4 nitrogen and oxygen atoms in total. The largest absolute Gasteiger partial charge is 0.339 e. The van der Waals surface area contributed by atoms with Gasteiger partial charge in [-0.2, -0.15) is 16.7 Å². The van der Waals surface area contributed by atoms with Crippen LogP contribution in [0.5, 0.6) is 0 Å². The molecule has 1 saturated carbocycles. The van der Waals surface area contributed by atoms with Crippen molar-refractivity contribution in [3.05, 3.63) is 11.7 Å². The summed E-state index contributed by atoms with van der Waals surface area (Å²) in [6.07, 6.45) is 4.76. The first-order chi connectivity index (χ1) is 8.72. The summed E-state index contributed by atoms with van der Waals surface area (Å²) in [7, 11) is 2.17. The molecule has 1 aromatic rings. The summed E-state index contributed by atoms with van der Waals surface area (Å²) in [5.74, 6) is 2.79. The lowest BCUT2D eigenvalue weighted by molar-refractivity contribution is 0.228. The number of aryl methyl sites for hydroxylation is 1. The number of hydrogen-bond acceptors (Lipinski definition) is 5. The Morgan fingerprint density at radius 2 is 2.22 bits per heavy atom. The van der Waals surface area contributed by atoms with Crippen molar-refractivity contribution in [1.29, 1.82) is 0 Å². The molecule has 0 aromatic carbocycles. The van der Waals surface area contributed by atoms with Crippen molar-refractivity contribution in [1.82, 2.24) is 15.0 Å². The molecule has 0 amide bonds. The van der Waals surface area contributed by atoms with Gasteiger partial charge in [-0.3, -0.25) is 4.90 Å². The summed E-state index contributed by atoms with van der Waals surface area (Å²) in [4.78, 5) is 6.75. The van der Waals surface area contributed by atoms with E-state index in [0.29, 0.717) is 6.04 Å². The monoisotopic (exact) mass is 269 g/mol. The maximum Gasteiger partial charge on any atom is 0.226 e. The van der Waals surface area contributed by atoms with E-state index in [9.17, 15) is 0 Å². The number of hydrogen-bond donors (Lipinski definition) is 0. The normalized spacial score (nSPS) is 24.0. The van der Waals surface area contributed by atoms with Gasteiger partial charge in [0.05, 0.1) is 6.54 Å². The van der Waals surface area contributed by atoms with E-state index >= 15 is 0 Å². The minimum atomic E-state index is 0.678. The Balaban J connectivity index is 1.83. The molecule has 0 saturated heterocycles. The van der Waals surface area contributed by atoms with E-state index in [2.05, 4.69) is 40.8 Å². The summed E-state index contributed by atoms with van der Waals surface area (Å²) in [5, 5.41) is 4.87. The van der Waals surface area contributed by atoms with Gasteiger partial charge in [0, 0.05) is 17.7 Å². The molecule has 2 rings (SSSR count). The van der Waals surface area contributed by atoms with Crippen LogP contribution in [0, 0.1) is 0 Å². The average molecular weight is 269 g/mol. The van der Waals surface area contributed by atoms with Gasteiger partial charge in [-0.05, 0) is 32.1 Å². The van der Waals surface area contributed by atoms with Gasteiger partial charge in [-0.15, -0.1) is 0 Å².